The summed E-state index contributed by atoms with van der Waals surface area (Å²) in [6.45, 7) is 1.78. The number of carbonyl (C=O) groups excluding carboxylic acids is 2. The average molecular weight is 229 g/mol. The van der Waals surface area contributed by atoms with Crippen LogP contribution in [-0.4, -0.2) is 75.1 Å². The highest BCUT2D eigenvalue weighted by Crippen LogP contribution is 1.98. The van der Waals surface area contributed by atoms with Crippen LogP contribution < -0.4 is 5.32 Å². The summed E-state index contributed by atoms with van der Waals surface area (Å²) < 4.78 is 5.20. The van der Waals surface area contributed by atoms with Crippen LogP contribution in [0.25, 0.3) is 0 Å². The third-order valence-electron chi connectivity index (χ3n) is 2.47. The van der Waals surface area contributed by atoms with E-state index in [1.165, 1.54) is 9.80 Å². The van der Waals surface area contributed by atoms with Gasteiger partial charge in [-0.25, -0.2) is 0 Å². The van der Waals surface area contributed by atoms with Crippen molar-refractivity contribution in [2.24, 2.45) is 0 Å². The molecule has 0 saturated carbocycles. The molecular weight excluding hydrogens is 210 g/mol. The van der Waals surface area contributed by atoms with Gasteiger partial charge < -0.3 is 19.9 Å². The molecule has 6 heteroatoms. The Morgan fingerprint density at radius 3 is 2.56 bits per heavy atom. The average Bonchev–Trinajstić information content (AvgIpc) is 2.28. The van der Waals surface area contributed by atoms with E-state index in [1.54, 1.807) is 21.1 Å². The molecule has 2 amide bonds. The van der Waals surface area contributed by atoms with Crippen LogP contribution in [0.5, 0.6) is 0 Å². The fourth-order valence-corrected chi connectivity index (χ4v) is 1.41. The summed E-state index contributed by atoms with van der Waals surface area (Å²) in [6.07, 6.45) is 0. The highest BCUT2D eigenvalue weighted by atomic mass is 16.5. The zero-order valence-corrected chi connectivity index (χ0v) is 10.0. The van der Waals surface area contributed by atoms with Gasteiger partial charge in [-0.2, -0.15) is 0 Å². The Balaban J connectivity index is 2.43. The van der Waals surface area contributed by atoms with Gasteiger partial charge in [0.05, 0.1) is 19.8 Å². The molecule has 0 radical (unpaired) electrons. The van der Waals surface area contributed by atoms with E-state index >= 15 is 0 Å². The zero-order chi connectivity index (χ0) is 12.1. The molecule has 0 aromatic carbocycles. The number of hydrogen-bond acceptors (Lipinski definition) is 4. The first kappa shape index (κ1) is 12.9. The monoisotopic (exact) mass is 229 g/mol. The first-order valence-electron chi connectivity index (χ1n) is 5.28. The van der Waals surface area contributed by atoms with E-state index < -0.39 is 0 Å². The molecule has 1 unspecified atom stereocenters. The lowest BCUT2D eigenvalue weighted by Gasteiger charge is -2.27. The summed E-state index contributed by atoms with van der Waals surface area (Å²) in [6, 6.07) is -0.325. The van der Waals surface area contributed by atoms with Crippen LogP contribution in [0, 0.1) is 0 Å². The topological polar surface area (TPSA) is 61.9 Å². The first-order chi connectivity index (χ1) is 7.52. The Hall–Kier alpha value is -1.14. The van der Waals surface area contributed by atoms with E-state index in [0.717, 1.165) is 0 Å². The minimum absolute atomic E-state index is 0.0902. The molecule has 16 heavy (non-hydrogen) atoms. The quantitative estimate of drug-likeness (QED) is 0.641. The molecule has 1 aliphatic heterocycles. The molecule has 1 heterocycles. The molecule has 1 fully saturated rings. The largest absolute Gasteiger partial charge is 0.378 e. The number of carbonyl (C=O) groups is 2. The van der Waals surface area contributed by atoms with Crippen molar-refractivity contribution in [3.8, 4) is 0 Å². The summed E-state index contributed by atoms with van der Waals surface area (Å²) >= 11 is 0. The fourth-order valence-electron chi connectivity index (χ4n) is 1.41. The van der Waals surface area contributed by atoms with Crippen LogP contribution in [0.1, 0.15) is 0 Å². The molecule has 1 rings (SSSR count). The zero-order valence-electron chi connectivity index (χ0n) is 10.0. The lowest BCUT2D eigenvalue weighted by Crippen LogP contribution is -2.53. The van der Waals surface area contributed by atoms with Crippen LogP contribution in [0.3, 0.4) is 0 Å². The second kappa shape index (κ2) is 5.81. The Morgan fingerprint density at radius 1 is 1.38 bits per heavy atom. The molecule has 0 spiro atoms. The minimum atomic E-state index is -0.325. The van der Waals surface area contributed by atoms with Gasteiger partial charge in [0.1, 0.15) is 6.04 Å². The van der Waals surface area contributed by atoms with Gasteiger partial charge >= 0.3 is 0 Å². The van der Waals surface area contributed by atoms with E-state index in [0.29, 0.717) is 19.8 Å². The van der Waals surface area contributed by atoms with Crippen LogP contribution in [-0.2, 0) is 14.3 Å². The molecule has 0 aromatic heterocycles. The Labute approximate surface area is 95.5 Å². The van der Waals surface area contributed by atoms with Crippen molar-refractivity contribution in [2.45, 2.75) is 6.04 Å². The number of rotatable bonds is 3. The molecule has 1 saturated heterocycles. The van der Waals surface area contributed by atoms with Crippen LogP contribution in [0.15, 0.2) is 0 Å². The van der Waals surface area contributed by atoms with Crippen molar-refractivity contribution >= 4 is 11.8 Å². The summed E-state index contributed by atoms with van der Waals surface area (Å²) in [5.74, 6) is -0.192. The van der Waals surface area contributed by atoms with Gasteiger partial charge in [-0.1, -0.05) is 0 Å². The second-order valence-corrected chi connectivity index (χ2v) is 4.06. The van der Waals surface area contributed by atoms with Crippen LogP contribution >= 0.6 is 0 Å². The highest BCUT2D eigenvalue weighted by molar-refractivity contribution is 5.87. The molecule has 1 aliphatic rings. The maximum Gasteiger partial charge on any atom is 0.242 e. The molecule has 0 bridgehead atoms. The predicted octanol–water partition coefficient (Wildman–Crippen LogP) is -1.48. The van der Waals surface area contributed by atoms with Gasteiger partial charge in [-0.15, -0.1) is 0 Å². The Morgan fingerprint density at radius 2 is 2.06 bits per heavy atom. The van der Waals surface area contributed by atoms with E-state index in [-0.39, 0.29) is 24.4 Å². The van der Waals surface area contributed by atoms with Gasteiger partial charge in [-0.3, -0.25) is 9.59 Å². The van der Waals surface area contributed by atoms with Crippen molar-refractivity contribution in [3.63, 3.8) is 0 Å². The standard InChI is InChI=1S/C10H19N3O3/c1-12(2)9(14)6-13(3)10(15)8-7-16-5-4-11-8/h8,11H,4-7H2,1-3H3. The molecular formula is C10H19N3O3. The van der Waals surface area contributed by atoms with Gasteiger partial charge in [0.15, 0.2) is 0 Å². The molecule has 0 aliphatic carbocycles. The van der Waals surface area contributed by atoms with Gasteiger partial charge in [0.25, 0.3) is 0 Å². The Kier molecular flexibility index (Phi) is 4.70. The van der Waals surface area contributed by atoms with Crippen molar-refractivity contribution in [3.05, 3.63) is 0 Å². The summed E-state index contributed by atoms with van der Waals surface area (Å²) in [4.78, 5) is 26.2. The molecule has 1 N–H and O–H groups in total. The summed E-state index contributed by atoms with van der Waals surface area (Å²) in [7, 11) is 4.96. The molecule has 6 nitrogen and oxygen atoms in total. The fraction of sp³-hybridized carbons (Fsp3) is 0.800. The van der Waals surface area contributed by atoms with E-state index in [1.807, 2.05) is 0 Å². The number of ether oxygens (including phenoxy) is 1. The third kappa shape index (κ3) is 3.46. The van der Waals surface area contributed by atoms with E-state index in [2.05, 4.69) is 5.32 Å². The molecule has 0 aromatic rings. The maximum absolute atomic E-state index is 11.9. The number of likely N-dealkylation sites (N-methyl/N-ethyl adjacent to an activating group) is 2. The van der Waals surface area contributed by atoms with Gasteiger partial charge in [-0.05, 0) is 0 Å². The predicted molar refractivity (Wildman–Crippen MR) is 58.9 cm³/mol. The van der Waals surface area contributed by atoms with E-state index in [4.69, 9.17) is 4.74 Å². The van der Waals surface area contributed by atoms with E-state index in [9.17, 15) is 9.59 Å². The lowest BCUT2D eigenvalue weighted by atomic mass is 10.2. The van der Waals surface area contributed by atoms with Crippen molar-refractivity contribution in [2.75, 3.05) is 47.4 Å². The SMILES string of the molecule is CN(C)C(=O)CN(C)C(=O)C1COCCN1. The number of morpholine rings is 1. The number of nitrogens with one attached hydrogen (secondary N) is 1. The molecule has 1 atom stereocenters. The van der Waals surface area contributed by atoms with Crippen molar-refractivity contribution in [1.82, 2.24) is 15.1 Å². The lowest BCUT2D eigenvalue weighted by molar-refractivity contribution is -0.141. The van der Waals surface area contributed by atoms with Crippen LogP contribution in [0.2, 0.25) is 0 Å². The number of amides is 2. The third-order valence-corrected chi connectivity index (χ3v) is 2.47. The highest BCUT2D eigenvalue weighted by Gasteiger charge is 2.25. The normalized spacial score (nSPS) is 20.3. The van der Waals surface area contributed by atoms with Crippen LogP contribution in [0.4, 0.5) is 0 Å². The summed E-state index contributed by atoms with van der Waals surface area (Å²) in [5.41, 5.74) is 0. The number of hydrogen-bond donors (Lipinski definition) is 1. The first-order valence-corrected chi connectivity index (χ1v) is 5.28. The smallest absolute Gasteiger partial charge is 0.242 e. The maximum atomic E-state index is 11.9. The number of nitrogens with zero attached hydrogens (tertiary/aromatic N) is 2. The van der Waals surface area contributed by atoms with Crippen molar-refractivity contribution in [1.29, 1.82) is 0 Å². The second-order valence-electron chi connectivity index (χ2n) is 4.06. The molecule has 92 valence electrons. The summed E-state index contributed by atoms with van der Waals surface area (Å²) in [5, 5.41) is 3.06. The Bertz CT molecular complexity index is 262. The minimum Gasteiger partial charge on any atom is -0.378 e. The van der Waals surface area contributed by atoms with Gasteiger partial charge in [0.2, 0.25) is 11.8 Å². The van der Waals surface area contributed by atoms with Crippen molar-refractivity contribution < 1.29 is 14.3 Å². The van der Waals surface area contributed by atoms with Gasteiger partial charge in [0, 0.05) is 27.7 Å².